The summed E-state index contributed by atoms with van der Waals surface area (Å²) in [5.74, 6) is -0.405. The van der Waals surface area contributed by atoms with Crippen LogP contribution in [0.25, 0.3) is 0 Å². The van der Waals surface area contributed by atoms with Gasteiger partial charge in [0.05, 0.1) is 10.9 Å². The molecule has 1 unspecified atom stereocenters. The number of sulfonamides is 1. The monoisotopic (exact) mass is 355 g/mol. The molecular weight excluding hydrogens is 333 g/mol. The second kappa shape index (κ2) is 7.16. The number of carbonyl (C=O) groups is 1. The first-order chi connectivity index (χ1) is 11.5. The van der Waals surface area contributed by atoms with Gasteiger partial charge < -0.3 is 10.2 Å². The lowest BCUT2D eigenvalue weighted by Gasteiger charge is -2.36. The van der Waals surface area contributed by atoms with E-state index in [1.54, 1.807) is 4.90 Å². The SMILES string of the molecule is O=C(C1CCCCN1)N1CCN(S(=O)(=O)c2ccc(F)cc2)CC1. The summed E-state index contributed by atoms with van der Waals surface area (Å²) in [6.45, 7) is 2.15. The van der Waals surface area contributed by atoms with E-state index in [0.717, 1.165) is 37.9 Å². The van der Waals surface area contributed by atoms with E-state index >= 15 is 0 Å². The number of piperazine rings is 1. The number of rotatable bonds is 3. The number of nitrogens with one attached hydrogen (secondary N) is 1. The minimum Gasteiger partial charge on any atom is -0.339 e. The zero-order valence-electron chi connectivity index (χ0n) is 13.4. The third-order valence-electron chi connectivity index (χ3n) is 4.61. The number of halogens is 1. The second-order valence-corrected chi connectivity index (χ2v) is 8.12. The maximum absolute atomic E-state index is 13.0. The van der Waals surface area contributed by atoms with E-state index in [2.05, 4.69) is 5.32 Å². The molecule has 2 fully saturated rings. The minimum absolute atomic E-state index is 0.0635. The summed E-state index contributed by atoms with van der Waals surface area (Å²) in [6, 6.07) is 4.68. The molecule has 0 spiro atoms. The summed E-state index contributed by atoms with van der Waals surface area (Å²) in [6.07, 6.45) is 2.97. The van der Waals surface area contributed by atoms with Crippen molar-refractivity contribution < 1.29 is 17.6 Å². The maximum atomic E-state index is 13.0. The highest BCUT2D eigenvalue weighted by atomic mass is 32.2. The second-order valence-electron chi connectivity index (χ2n) is 6.19. The van der Waals surface area contributed by atoms with Gasteiger partial charge in [0, 0.05) is 26.2 Å². The molecule has 6 nitrogen and oxygen atoms in total. The van der Waals surface area contributed by atoms with Crippen molar-refractivity contribution in [1.29, 1.82) is 0 Å². The summed E-state index contributed by atoms with van der Waals surface area (Å²) >= 11 is 0. The molecule has 2 saturated heterocycles. The van der Waals surface area contributed by atoms with Crippen LogP contribution < -0.4 is 5.32 Å². The van der Waals surface area contributed by atoms with Crippen molar-refractivity contribution in [3.05, 3.63) is 30.1 Å². The number of amides is 1. The summed E-state index contributed by atoms with van der Waals surface area (Å²) < 4.78 is 39.5. The van der Waals surface area contributed by atoms with Crippen LogP contribution in [0.4, 0.5) is 4.39 Å². The van der Waals surface area contributed by atoms with E-state index in [1.807, 2.05) is 0 Å². The molecule has 1 aromatic carbocycles. The van der Waals surface area contributed by atoms with Gasteiger partial charge in [-0.1, -0.05) is 6.42 Å². The predicted molar refractivity (Wildman–Crippen MR) is 87.4 cm³/mol. The molecule has 3 rings (SSSR count). The number of carbonyl (C=O) groups excluding carboxylic acids is 1. The molecule has 0 bridgehead atoms. The number of hydrogen-bond donors (Lipinski definition) is 1. The molecule has 2 aliphatic heterocycles. The minimum atomic E-state index is -3.64. The van der Waals surface area contributed by atoms with Crippen LogP contribution in [-0.4, -0.2) is 62.3 Å². The van der Waals surface area contributed by atoms with Gasteiger partial charge in [-0.25, -0.2) is 12.8 Å². The highest BCUT2D eigenvalue weighted by molar-refractivity contribution is 7.89. The van der Waals surface area contributed by atoms with Crippen LogP contribution in [0, 0.1) is 5.82 Å². The van der Waals surface area contributed by atoms with Crippen molar-refractivity contribution in [2.24, 2.45) is 0 Å². The van der Waals surface area contributed by atoms with Gasteiger partial charge in [-0.05, 0) is 43.7 Å². The molecule has 2 heterocycles. The van der Waals surface area contributed by atoms with E-state index in [0.29, 0.717) is 13.1 Å². The quantitative estimate of drug-likeness (QED) is 0.871. The number of piperidine rings is 1. The lowest BCUT2D eigenvalue weighted by Crippen LogP contribution is -2.55. The fraction of sp³-hybridized carbons (Fsp3) is 0.562. The van der Waals surface area contributed by atoms with Crippen molar-refractivity contribution in [3.63, 3.8) is 0 Å². The van der Waals surface area contributed by atoms with E-state index in [1.165, 1.54) is 16.4 Å². The van der Waals surface area contributed by atoms with Gasteiger partial charge in [0.2, 0.25) is 15.9 Å². The molecule has 1 N–H and O–H groups in total. The Bertz CT molecular complexity index is 679. The Kier molecular flexibility index (Phi) is 5.17. The molecule has 8 heteroatoms. The zero-order chi connectivity index (χ0) is 17.2. The van der Waals surface area contributed by atoms with Crippen molar-refractivity contribution in [2.45, 2.75) is 30.2 Å². The van der Waals surface area contributed by atoms with Gasteiger partial charge in [0.15, 0.2) is 0 Å². The Hall–Kier alpha value is -1.51. The molecule has 132 valence electrons. The first kappa shape index (κ1) is 17.3. The molecule has 24 heavy (non-hydrogen) atoms. The number of nitrogens with zero attached hydrogens (tertiary/aromatic N) is 2. The van der Waals surface area contributed by atoms with E-state index in [4.69, 9.17) is 0 Å². The van der Waals surface area contributed by atoms with Crippen LogP contribution in [-0.2, 0) is 14.8 Å². The lowest BCUT2D eigenvalue weighted by molar-refractivity contribution is -0.135. The van der Waals surface area contributed by atoms with Gasteiger partial charge in [0.25, 0.3) is 0 Å². The molecule has 2 aliphatic rings. The van der Waals surface area contributed by atoms with Crippen LogP contribution in [0.15, 0.2) is 29.2 Å². The highest BCUT2D eigenvalue weighted by Crippen LogP contribution is 2.19. The smallest absolute Gasteiger partial charge is 0.243 e. The molecule has 0 aromatic heterocycles. The molecule has 1 atom stereocenters. The first-order valence-corrected chi connectivity index (χ1v) is 9.70. The van der Waals surface area contributed by atoms with Crippen molar-refractivity contribution in [3.8, 4) is 0 Å². The topological polar surface area (TPSA) is 69.7 Å². The van der Waals surface area contributed by atoms with Crippen LogP contribution >= 0.6 is 0 Å². The fourth-order valence-electron chi connectivity index (χ4n) is 3.19. The van der Waals surface area contributed by atoms with Gasteiger partial charge in [0.1, 0.15) is 5.82 Å². The van der Waals surface area contributed by atoms with Crippen LogP contribution in [0.5, 0.6) is 0 Å². The van der Waals surface area contributed by atoms with Gasteiger partial charge in [-0.2, -0.15) is 4.31 Å². The van der Waals surface area contributed by atoms with Crippen LogP contribution in [0.2, 0.25) is 0 Å². The average molecular weight is 355 g/mol. The Balaban J connectivity index is 1.62. The third kappa shape index (κ3) is 3.60. The normalized spacial score (nSPS) is 23.2. The average Bonchev–Trinajstić information content (AvgIpc) is 2.62. The molecule has 1 aromatic rings. The van der Waals surface area contributed by atoms with Crippen LogP contribution in [0.3, 0.4) is 0 Å². The maximum Gasteiger partial charge on any atom is 0.243 e. The first-order valence-electron chi connectivity index (χ1n) is 8.26. The van der Waals surface area contributed by atoms with E-state index in [-0.39, 0.29) is 29.9 Å². The third-order valence-corrected chi connectivity index (χ3v) is 6.52. The zero-order valence-corrected chi connectivity index (χ0v) is 14.3. The highest BCUT2D eigenvalue weighted by Gasteiger charge is 2.32. The van der Waals surface area contributed by atoms with Gasteiger partial charge >= 0.3 is 0 Å². The van der Waals surface area contributed by atoms with E-state index < -0.39 is 15.8 Å². The molecule has 0 aliphatic carbocycles. The number of benzene rings is 1. The number of hydrogen-bond acceptors (Lipinski definition) is 4. The molecule has 1 amide bonds. The fourth-order valence-corrected chi connectivity index (χ4v) is 4.61. The predicted octanol–water partition coefficient (Wildman–Crippen LogP) is 0.801. The Morgan fingerprint density at radius 1 is 1.08 bits per heavy atom. The Labute approximate surface area is 141 Å². The van der Waals surface area contributed by atoms with Gasteiger partial charge in [-0.15, -0.1) is 0 Å². The van der Waals surface area contributed by atoms with Crippen LogP contribution in [0.1, 0.15) is 19.3 Å². The molecule has 0 radical (unpaired) electrons. The van der Waals surface area contributed by atoms with E-state index in [9.17, 15) is 17.6 Å². The summed E-state index contributed by atoms with van der Waals surface area (Å²) in [4.78, 5) is 14.3. The van der Waals surface area contributed by atoms with Gasteiger partial charge in [-0.3, -0.25) is 4.79 Å². The molecule has 0 saturated carbocycles. The Morgan fingerprint density at radius 2 is 1.75 bits per heavy atom. The summed E-state index contributed by atoms with van der Waals surface area (Å²) in [5, 5.41) is 3.23. The Morgan fingerprint density at radius 3 is 2.33 bits per heavy atom. The standard InChI is InChI=1S/C16H22FN3O3S/c17-13-4-6-14(7-5-13)24(22,23)20-11-9-19(10-12-20)16(21)15-3-1-2-8-18-15/h4-7,15,18H,1-3,8-12H2. The summed E-state index contributed by atoms with van der Waals surface area (Å²) in [7, 11) is -3.64. The summed E-state index contributed by atoms with van der Waals surface area (Å²) in [5.41, 5.74) is 0. The lowest BCUT2D eigenvalue weighted by atomic mass is 10.0. The van der Waals surface area contributed by atoms with Crippen molar-refractivity contribution >= 4 is 15.9 Å². The largest absolute Gasteiger partial charge is 0.339 e. The molecular formula is C16H22FN3O3S. The van der Waals surface area contributed by atoms with Crippen molar-refractivity contribution in [1.82, 2.24) is 14.5 Å². The van der Waals surface area contributed by atoms with Crippen molar-refractivity contribution in [2.75, 3.05) is 32.7 Å².